The Morgan fingerprint density at radius 3 is 1.30 bits per heavy atom. The molecule has 0 saturated heterocycles. The van der Waals surface area contributed by atoms with E-state index in [4.69, 9.17) is 0 Å². The SMILES string of the molecule is CCC1=Cc2c(-c3ccccc3)cccc2C1C(C)(C)C1C(CC)=Cc2c(-c3ccccc3)cccc21. The molecular formula is C37H36. The van der Waals surface area contributed by atoms with Crippen LogP contribution in [0.4, 0.5) is 0 Å². The fourth-order valence-electron chi connectivity index (χ4n) is 7.20. The van der Waals surface area contributed by atoms with Crippen LogP contribution in [0.3, 0.4) is 0 Å². The molecule has 0 N–H and O–H groups in total. The molecule has 4 aromatic rings. The Kier molecular flexibility index (Phi) is 6.00. The molecule has 0 heteroatoms. The minimum absolute atomic E-state index is 0.0325. The monoisotopic (exact) mass is 480 g/mol. The molecule has 184 valence electrons. The van der Waals surface area contributed by atoms with E-state index in [1.807, 2.05) is 0 Å². The van der Waals surface area contributed by atoms with E-state index in [1.165, 1.54) is 44.5 Å². The van der Waals surface area contributed by atoms with Crippen molar-refractivity contribution in [1.29, 1.82) is 0 Å². The predicted octanol–water partition coefficient (Wildman–Crippen LogP) is 10.5. The van der Waals surface area contributed by atoms with Gasteiger partial charge in [-0.3, -0.25) is 0 Å². The third-order valence-corrected chi connectivity index (χ3v) is 8.78. The van der Waals surface area contributed by atoms with Crippen LogP contribution in [0.25, 0.3) is 34.4 Å². The normalized spacial score (nSPS) is 18.3. The summed E-state index contributed by atoms with van der Waals surface area (Å²) in [5.41, 5.74) is 14.3. The van der Waals surface area contributed by atoms with Crippen LogP contribution < -0.4 is 0 Å². The highest BCUT2D eigenvalue weighted by Crippen LogP contribution is 2.60. The largest absolute Gasteiger partial charge is 0.0622 e. The molecular weight excluding hydrogens is 444 g/mol. The lowest BCUT2D eigenvalue weighted by Gasteiger charge is -2.42. The Balaban J connectivity index is 1.49. The summed E-state index contributed by atoms with van der Waals surface area (Å²) >= 11 is 0. The van der Waals surface area contributed by atoms with E-state index in [1.54, 1.807) is 11.1 Å². The average molecular weight is 481 g/mol. The summed E-state index contributed by atoms with van der Waals surface area (Å²) in [7, 11) is 0. The van der Waals surface area contributed by atoms with Gasteiger partial charge in [0.1, 0.15) is 0 Å². The highest BCUT2D eigenvalue weighted by molar-refractivity contribution is 5.84. The molecule has 0 heterocycles. The maximum Gasteiger partial charge on any atom is 0.0118 e. The molecule has 0 amide bonds. The van der Waals surface area contributed by atoms with Crippen LogP contribution in [0.15, 0.2) is 108 Å². The first-order chi connectivity index (χ1) is 18.0. The summed E-state index contributed by atoms with van der Waals surface area (Å²) < 4.78 is 0. The fourth-order valence-corrected chi connectivity index (χ4v) is 7.20. The highest BCUT2D eigenvalue weighted by atomic mass is 14.5. The van der Waals surface area contributed by atoms with Crippen molar-refractivity contribution in [3.8, 4) is 22.3 Å². The van der Waals surface area contributed by atoms with Gasteiger partial charge in [-0.2, -0.15) is 0 Å². The van der Waals surface area contributed by atoms with Gasteiger partial charge in [0.15, 0.2) is 0 Å². The van der Waals surface area contributed by atoms with Crippen LogP contribution in [-0.4, -0.2) is 0 Å². The van der Waals surface area contributed by atoms with Gasteiger partial charge < -0.3 is 0 Å². The molecule has 0 fully saturated rings. The minimum atomic E-state index is 0.0325. The van der Waals surface area contributed by atoms with E-state index in [9.17, 15) is 0 Å². The number of fused-ring (bicyclic) bond motifs is 2. The average Bonchev–Trinajstić information content (AvgIpc) is 3.53. The molecule has 4 aromatic carbocycles. The van der Waals surface area contributed by atoms with Crippen LogP contribution in [0.1, 0.15) is 74.6 Å². The van der Waals surface area contributed by atoms with Gasteiger partial charge in [-0.1, -0.05) is 148 Å². The first-order valence-electron chi connectivity index (χ1n) is 13.8. The van der Waals surface area contributed by atoms with Crippen molar-refractivity contribution < 1.29 is 0 Å². The van der Waals surface area contributed by atoms with Crippen molar-refractivity contribution in [3.63, 3.8) is 0 Å². The Hall–Kier alpha value is -3.64. The summed E-state index contributed by atoms with van der Waals surface area (Å²) in [6.07, 6.45) is 7.17. The lowest BCUT2D eigenvalue weighted by molar-refractivity contribution is 0.269. The van der Waals surface area contributed by atoms with Gasteiger partial charge in [-0.25, -0.2) is 0 Å². The molecule has 2 unspecified atom stereocenters. The van der Waals surface area contributed by atoms with E-state index in [2.05, 4.69) is 137 Å². The van der Waals surface area contributed by atoms with E-state index >= 15 is 0 Å². The second-order valence-corrected chi connectivity index (χ2v) is 11.2. The molecule has 0 spiro atoms. The Morgan fingerprint density at radius 2 is 0.919 bits per heavy atom. The number of hydrogen-bond donors (Lipinski definition) is 0. The first-order valence-corrected chi connectivity index (χ1v) is 13.8. The zero-order chi connectivity index (χ0) is 25.6. The molecule has 0 saturated carbocycles. The molecule has 0 aromatic heterocycles. The molecule has 0 nitrogen and oxygen atoms in total. The Morgan fingerprint density at radius 1 is 0.514 bits per heavy atom. The number of benzene rings is 4. The highest BCUT2D eigenvalue weighted by Gasteiger charge is 2.46. The molecule has 0 radical (unpaired) electrons. The van der Waals surface area contributed by atoms with Crippen LogP contribution >= 0.6 is 0 Å². The van der Waals surface area contributed by atoms with Gasteiger partial charge in [0.25, 0.3) is 0 Å². The van der Waals surface area contributed by atoms with Gasteiger partial charge in [-0.05, 0) is 62.8 Å². The zero-order valence-electron chi connectivity index (χ0n) is 22.5. The van der Waals surface area contributed by atoms with Gasteiger partial charge in [0.2, 0.25) is 0 Å². The van der Waals surface area contributed by atoms with Gasteiger partial charge in [-0.15, -0.1) is 0 Å². The van der Waals surface area contributed by atoms with Crippen molar-refractivity contribution >= 4 is 12.2 Å². The van der Waals surface area contributed by atoms with Crippen molar-refractivity contribution in [2.75, 3.05) is 0 Å². The summed E-state index contributed by atoms with van der Waals surface area (Å²) in [6, 6.07) is 35.6. The number of rotatable bonds is 6. The maximum atomic E-state index is 2.52. The van der Waals surface area contributed by atoms with Crippen LogP contribution in [0, 0.1) is 5.41 Å². The van der Waals surface area contributed by atoms with Crippen molar-refractivity contribution in [1.82, 2.24) is 0 Å². The van der Waals surface area contributed by atoms with Crippen LogP contribution in [0.2, 0.25) is 0 Å². The van der Waals surface area contributed by atoms with Crippen LogP contribution in [0.5, 0.6) is 0 Å². The third-order valence-electron chi connectivity index (χ3n) is 8.78. The van der Waals surface area contributed by atoms with E-state index in [0.29, 0.717) is 11.8 Å². The van der Waals surface area contributed by atoms with Crippen molar-refractivity contribution in [3.05, 3.63) is 130 Å². The van der Waals surface area contributed by atoms with Crippen LogP contribution in [-0.2, 0) is 0 Å². The number of allylic oxidation sites excluding steroid dienone is 2. The maximum absolute atomic E-state index is 2.52. The van der Waals surface area contributed by atoms with E-state index in [0.717, 1.165) is 12.8 Å². The second kappa shape index (κ2) is 9.34. The molecule has 0 bridgehead atoms. The molecule has 2 aliphatic carbocycles. The molecule has 6 rings (SSSR count). The minimum Gasteiger partial charge on any atom is -0.0622 e. The smallest absolute Gasteiger partial charge is 0.0118 e. The lowest BCUT2D eigenvalue weighted by atomic mass is 9.61. The number of hydrogen-bond acceptors (Lipinski definition) is 0. The third kappa shape index (κ3) is 3.82. The first kappa shape index (κ1) is 23.7. The summed E-state index contributed by atoms with van der Waals surface area (Å²) in [6.45, 7) is 9.69. The quantitative estimate of drug-likeness (QED) is 0.257. The molecule has 2 atom stereocenters. The fraction of sp³-hybridized carbons (Fsp3) is 0.243. The molecule has 37 heavy (non-hydrogen) atoms. The molecule has 0 aliphatic heterocycles. The summed E-state index contributed by atoms with van der Waals surface area (Å²) in [5.74, 6) is 0.782. The zero-order valence-corrected chi connectivity index (χ0v) is 22.5. The topological polar surface area (TPSA) is 0 Å². The van der Waals surface area contributed by atoms with E-state index in [-0.39, 0.29) is 5.41 Å². The molecule has 2 aliphatic rings. The Labute approximate surface area is 222 Å². The van der Waals surface area contributed by atoms with E-state index < -0.39 is 0 Å². The van der Waals surface area contributed by atoms with Gasteiger partial charge in [0.05, 0.1) is 0 Å². The summed E-state index contributed by atoms with van der Waals surface area (Å²) in [5, 5.41) is 0. The second-order valence-electron chi connectivity index (χ2n) is 11.2. The summed E-state index contributed by atoms with van der Waals surface area (Å²) in [4.78, 5) is 0. The lowest BCUT2D eigenvalue weighted by Crippen LogP contribution is -2.30. The van der Waals surface area contributed by atoms with Gasteiger partial charge in [0, 0.05) is 11.8 Å². The predicted molar refractivity (Wildman–Crippen MR) is 160 cm³/mol. The standard InChI is InChI=1S/C37H36/c1-5-25-23-33-29(27-15-9-7-10-16-27)19-13-21-31(33)35(25)37(3,4)36-26(6-2)24-34-30(20-14-22-32(34)36)28-17-11-8-12-18-28/h7-24,35-36H,5-6H2,1-4H3. The Bertz CT molecular complexity index is 1380. The van der Waals surface area contributed by atoms with Gasteiger partial charge >= 0.3 is 0 Å². The van der Waals surface area contributed by atoms with Crippen molar-refractivity contribution in [2.24, 2.45) is 5.41 Å². The van der Waals surface area contributed by atoms with Crippen molar-refractivity contribution in [2.45, 2.75) is 52.4 Å².